The van der Waals surface area contributed by atoms with Crippen LogP contribution in [0, 0.1) is 0 Å². The summed E-state index contributed by atoms with van der Waals surface area (Å²) < 4.78 is 6.89. The second-order valence-electron chi connectivity index (χ2n) is 5.79. The number of ether oxygens (including phenoxy) is 1. The highest BCUT2D eigenvalue weighted by atomic mass is 79.9. The maximum atomic E-state index is 5.71. The average molecular weight is 341 g/mol. The first-order valence-electron chi connectivity index (χ1n) is 7.44. The predicted molar refractivity (Wildman–Crippen MR) is 88.4 cm³/mol. The van der Waals surface area contributed by atoms with Gasteiger partial charge in [0.1, 0.15) is 0 Å². The van der Waals surface area contributed by atoms with Crippen molar-refractivity contribution in [1.29, 1.82) is 0 Å². The van der Waals surface area contributed by atoms with E-state index in [1.54, 1.807) is 0 Å². The summed E-state index contributed by atoms with van der Waals surface area (Å²) in [6.45, 7) is 10.3. The maximum absolute atomic E-state index is 5.71. The van der Waals surface area contributed by atoms with Crippen LogP contribution in [0.5, 0.6) is 0 Å². The molecule has 1 N–H and O–H groups in total. The van der Waals surface area contributed by atoms with Crippen molar-refractivity contribution >= 4 is 21.6 Å². The first-order chi connectivity index (χ1) is 9.56. The van der Waals surface area contributed by atoms with E-state index in [2.05, 4.69) is 65.1 Å². The fourth-order valence-electron chi connectivity index (χ4n) is 2.42. The summed E-state index contributed by atoms with van der Waals surface area (Å²) in [5, 5.41) is 3.46. The van der Waals surface area contributed by atoms with Crippen LogP contribution < -0.4 is 10.2 Å². The molecule has 0 radical (unpaired) electrons. The molecule has 1 saturated heterocycles. The van der Waals surface area contributed by atoms with E-state index in [9.17, 15) is 0 Å². The zero-order valence-electron chi connectivity index (χ0n) is 12.7. The number of halogens is 1. The Morgan fingerprint density at radius 3 is 2.95 bits per heavy atom. The summed E-state index contributed by atoms with van der Waals surface area (Å²) in [4.78, 5) is 2.42. The highest BCUT2D eigenvalue weighted by Crippen LogP contribution is 2.25. The van der Waals surface area contributed by atoms with Crippen LogP contribution in [0.2, 0.25) is 0 Å². The minimum Gasteiger partial charge on any atom is -0.377 e. The van der Waals surface area contributed by atoms with Gasteiger partial charge >= 0.3 is 0 Å². The molecule has 0 aliphatic carbocycles. The summed E-state index contributed by atoms with van der Waals surface area (Å²) in [5.74, 6) is 0. The standard InChI is InChI=1S/C16H25BrN2O/c1-12(2)18-10-14-5-6-15(9-16(14)17)19-7-4-8-20-13(3)11-19/h5-6,9,12-13,18H,4,7-8,10-11H2,1-3H3. The van der Waals surface area contributed by atoms with Crippen molar-refractivity contribution in [1.82, 2.24) is 5.32 Å². The van der Waals surface area contributed by atoms with E-state index in [1.165, 1.54) is 15.7 Å². The minimum absolute atomic E-state index is 0.304. The molecule has 0 spiro atoms. The van der Waals surface area contributed by atoms with Gasteiger partial charge in [0.2, 0.25) is 0 Å². The molecule has 2 rings (SSSR count). The molecule has 1 unspecified atom stereocenters. The van der Waals surface area contributed by atoms with Gasteiger partial charge < -0.3 is 15.0 Å². The molecule has 4 heteroatoms. The van der Waals surface area contributed by atoms with E-state index in [4.69, 9.17) is 4.74 Å². The third-order valence-corrected chi connectivity index (χ3v) is 4.29. The molecule has 1 fully saturated rings. The van der Waals surface area contributed by atoms with Gasteiger partial charge in [0.05, 0.1) is 6.10 Å². The van der Waals surface area contributed by atoms with Crippen molar-refractivity contribution in [3.05, 3.63) is 28.2 Å². The van der Waals surface area contributed by atoms with E-state index in [-0.39, 0.29) is 0 Å². The van der Waals surface area contributed by atoms with Gasteiger partial charge in [0.15, 0.2) is 0 Å². The summed E-state index contributed by atoms with van der Waals surface area (Å²) in [5.41, 5.74) is 2.59. The van der Waals surface area contributed by atoms with E-state index >= 15 is 0 Å². The van der Waals surface area contributed by atoms with Gasteiger partial charge in [0.25, 0.3) is 0 Å². The van der Waals surface area contributed by atoms with Crippen molar-refractivity contribution in [3.8, 4) is 0 Å². The molecule has 0 saturated carbocycles. The number of nitrogens with one attached hydrogen (secondary N) is 1. The quantitative estimate of drug-likeness (QED) is 0.906. The number of hydrogen-bond donors (Lipinski definition) is 1. The maximum Gasteiger partial charge on any atom is 0.0721 e. The SMILES string of the molecule is CC(C)NCc1ccc(N2CCCOC(C)C2)cc1Br. The fourth-order valence-corrected chi connectivity index (χ4v) is 2.93. The molecule has 0 bridgehead atoms. The van der Waals surface area contributed by atoms with Crippen LogP contribution in [0.4, 0.5) is 5.69 Å². The Labute approximate surface area is 130 Å². The molecule has 20 heavy (non-hydrogen) atoms. The summed E-state index contributed by atoms with van der Waals surface area (Å²) in [7, 11) is 0. The highest BCUT2D eigenvalue weighted by molar-refractivity contribution is 9.10. The van der Waals surface area contributed by atoms with Gasteiger partial charge in [0, 0.05) is 42.4 Å². The monoisotopic (exact) mass is 340 g/mol. The van der Waals surface area contributed by atoms with Crippen molar-refractivity contribution in [2.45, 2.75) is 45.9 Å². The number of nitrogens with zero attached hydrogens (tertiary/aromatic N) is 1. The molecule has 1 heterocycles. The Bertz CT molecular complexity index is 436. The first-order valence-corrected chi connectivity index (χ1v) is 8.24. The van der Waals surface area contributed by atoms with Gasteiger partial charge in [-0.1, -0.05) is 35.8 Å². The molecule has 3 nitrogen and oxygen atoms in total. The molecule has 1 aromatic carbocycles. The van der Waals surface area contributed by atoms with E-state index in [0.29, 0.717) is 12.1 Å². The smallest absolute Gasteiger partial charge is 0.0721 e. The lowest BCUT2D eigenvalue weighted by Crippen LogP contribution is -2.30. The van der Waals surface area contributed by atoms with E-state index in [0.717, 1.165) is 32.7 Å². The Morgan fingerprint density at radius 1 is 1.45 bits per heavy atom. The Hall–Kier alpha value is -0.580. The van der Waals surface area contributed by atoms with Crippen molar-refractivity contribution in [2.24, 2.45) is 0 Å². The molecule has 0 aromatic heterocycles. The molecule has 1 aromatic rings. The lowest BCUT2D eigenvalue weighted by atomic mass is 10.1. The molecule has 1 aliphatic rings. The fraction of sp³-hybridized carbons (Fsp3) is 0.625. The number of rotatable bonds is 4. The minimum atomic E-state index is 0.304. The number of benzene rings is 1. The second kappa shape index (κ2) is 7.43. The molecule has 0 amide bonds. The molecule has 1 atom stereocenters. The Morgan fingerprint density at radius 2 is 2.25 bits per heavy atom. The van der Waals surface area contributed by atoms with Crippen molar-refractivity contribution < 1.29 is 4.74 Å². The highest BCUT2D eigenvalue weighted by Gasteiger charge is 2.16. The van der Waals surface area contributed by atoms with Crippen molar-refractivity contribution in [2.75, 3.05) is 24.6 Å². The molecular weight excluding hydrogens is 316 g/mol. The summed E-state index contributed by atoms with van der Waals surface area (Å²) in [6, 6.07) is 7.17. The van der Waals surface area contributed by atoms with E-state index in [1.807, 2.05) is 0 Å². The Balaban J connectivity index is 2.07. The zero-order chi connectivity index (χ0) is 14.5. The van der Waals surface area contributed by atoms with Gasteiger partial charge in [-0.25, -0.2) is 0 Å². The summed E-state index contributed by atoms with van der Waals surface area (Å²) in [6.07, 6.45) is 1.40. The average Bonchev–Trinajstić information content (AvgIpc) is 2.62. The van der Waals surface area contributed by atoms with Gasteiger partial charge in [-0.05, 0) is 31.0 Å². The normalized spacial score (nSPS) is 20.2. The number of anilines is 1. The zero-order valence-corrected chi connectivity index (χ0v) is 14.2. The van der Waals surface area contributed by atoms with Crippen LogP contribution in [0.1, 0.15) is 32.8 Å². The lowest BCUT2D eigenvalue weighted by molar-refractivity contribution is 0.0821. The van der Waals surface area contributed by atoms with Gasteiger partial charge in [-0.2, -0.15) is 0 Å². The van der Waals surface area contributed by atoms with Crippen LogP contribution >= 0.6 is 15.9 Å². The van der Waals surface area contributed by atoms with Crippen molar-refractivity contribution in [3.63, 3.8) is 0 Å². The van der Waals surface area contributed by atoms with Crippen LogP contribution in [0.25, 0.3) is 0 Å². The summed E-state index contributed by atoms with van der Waals surface area (Å²) >= 11 is 3.70. The third kappa shape index (κ3) is 4.47. The van der Waals surface area contributed by atoms with E-state index < -0.39 is 0 Å². The molecule has 112 valence electrons. The molecule has 1 aliphatic heterocycles. The second-order valence-corrected chi connectivity index (χ2v) is 6.65. The third-order valence-electron chi connectivity index (χ3n) is 3.55. The topological polar surface area (TPSA) is 24.5 Å². The molecular formula is C16H25BrN2O. The van der Waals surface area contributed by atoms with Gasteiger partial charge in [-0.3, -0.25) is 0 Å². The van der Waals surface area contributed by atoms with Gasteiger partial charge in [-0.15, -0.1) is 0 Å². The first kappa shape index (κ1) is 15.8. The number of hydrogen-bond acceptors (Lipinski definition) is 3. The van der Waals surface area contributed by atoms with Crippen LogP contribution in [-0.2, 0) is 11.3 Å². The lowest BCUT2D eigenvalue weighted by Gasteiger charge is -2.25. The Kier molecular flexibility index (Phi) is 5.87. The van der Waals surface area contributed by atoms with Crippen LogP contribution in [-0.4, -0.2) is 31.8 Å². The largest absolute Gasteiger partial charge is 0.377 e. The van der Waals surface area contributed by atoms with Crippen LogP contribution in [0.3, 0.4) is 0 Å². The van der Waals surface area contributed by atoms with Crippen LogP contribution in [0.15, 0.2) is 22.7 Å². The predicted octanol–water partition coefficient (Wildman–Crippen LogP) is 3.56.